The first-order chi connectivity index (χ1) is 7.62. The van der Waals surface area contributed by atoms with Crippen molar-refractivity contribution in [3.8, 4) is 0 Å². The van der Waals surface area contributed by atoms with Crippen molar-refractivity contribution in [1.29, 1.82) is 0 Å². The van der Waals surface area contributed by atoms with Gasteiger partial charge in [-0.05, 0) is 31.6 Å². The lowest BCUT2D eigenvalue weighted by molar-refractivity contribution is -0.134. The maximum Gasteiger partial charge on any atom is 0.222 e. The minimum absolute atomic E-state index is 0.0614. The van der Waals surface area contributed by atoms with Gasteiger partial charge in [0.2, 0.25) is 5.91 Å². The minimum Gasteiger partial charge on any atom is -0.396 e. The van der Waals surface area contributed by atoms with Gasteiger partial charge in [-0.3, -0.25) is 4.79 Å². The molecule has 0 saturated heterocycles. The Morgan fingerprint density at radius 1 is 1.56 bits per heavy atom. The fourth-order valence-electron chi connectivity index (χ4n) is 1.99. The first kappa shape index (κ1) is 13.5. The number of carbonyl (C=O) groups excluding carboxylic acids is 1. The predicted molar refractivity (Wildman–Crippen MR) is 62.1 cm³/mol. The van der Waals surface area contributed by atoms with Crippen LogP contribution in [0.15, 0.2) is 0 Å². The molecule has 1 atom stereocenters. The van der Waals surface area contributed by atoms with Crippen LogP contribution in [-0.2, 0) is 9.53 Å². The SMILES string of the molecule is COC1(CC(=O)NCC(C)CCO)CCC1. The molecular weight excluding hydrogens is 206 g/mol. The van der Waals surface area contributed by atoms with Gasteiger partial charge in [0.15, 0.2) is 0 Å². The Kier molecular flexibility index (Phi) is 5.22. The van der Waals surface area contributed by atoms with Gasteiger partial charge in [-0.2, -0.15) is 0 Å². The average Bonchev–Trinajstić information content (AvgIpc) is 2.21. The van der Waals surface area contributed by atoms with Crippen molar-refractivity contribution in [3.05, 3.63) is 0 Å². The van der Waals surface area contributed by atoms with E-state index < -0.39 is 0 Å². The summed E-state index contributed by atoms with van der Waals surface area (Å²) in [5, 5.41) is 11.6. The Bertz CT molecular complexity index is 221. The third kappa shape index (κ3) is 3.76. The minimum atomic E-state index is -0.190. The lowest BCUT2D eigenvalue weighted by atomic mass is 9.77. The molecule has 16 heavy (non-hydrogen) atoms. The number of nitrogens with one attached hydrogen (secondary N) is 1. The molecule has 1 aliphatic carbocycles. The van der Waals surface area contributed by atoms with E-state index in [4.69, 9.17) is 9.84 Å². The van der Waals surface area contributed by atoms with Crippen molar-refractivity contribution >= 4 is 5.91 Å². The van der Waals surface area contributed by atoms with E-state index in [0.717, 1.165) is 25.7 Å². The van der Waals surface area contributed by atoms with E-state index in [9.17, 15) is 4.79 Å². The Balaban J connectivity index is 2.20. The second-order valence-electron chi connectivity index (χ2n) is 4.84. The largest absolute Gasteiger partial charge is 0.396 e. The molecule has 0 aromatic rings. The molecule has 1 unspecified atom stereocenters. The van der Waals surface area contributed by atoms with E-state index in [-0.39, 0.29) is 18.1 Å². The molecule has 0 spiro atoms. The fraction of sp³-hybridized carbons (Fsp3) is 0.917. The smallest absolute Gasteiger partial charge is 0.222 e. The van der Waals surface area contributed by atoms with Crippen molar-refractivity contribution < 1.29 is 14.6 Å². The van der Waals surface area contributed by atoms with Crippen molar-refractivity contribution in [2.24, 2.45) is 5.92 Å². The van der Waals surface area contributed by atoms with E-state index in [1.165, 1.54) is 0 Å². The molecule has 1 amide bonds. The first-order valence-corrected chi connectivity index (χ1v) is 6.04. The number of aliphatic hydroxyl groups excluding tert-OH is 1. The summed E-state index contributed by atoms with van der Waals surface area (Å²) in [5.41, 5.74) is -0.190. The van der Waals surface area contributed by atoms with Gasteiger partial charge in [0, 0.05) is 20.3 Å². The highest BCUT2D eigenvalue weighted by molar-refractivity contribution is 5.77. The molecule has 4 heteroatoms. The van der Waals surface area contributed by atoms with Gasteiger partial charge in [-0.15, -0.1) is 0 Å². The second-order valence-corrected chi connectivity index (χ2v) is 4.84. The van der Waals surface area contributed by atoms with Gasteiger partial charge in [0.1, 0.15) is 0 Å². The molecule has 0 radical (unpaired) electrons. The number of hydrogen-bond donors (Lipinski definition) is 2. The highest BCUT2D eigenvalue weighted by atomic mass is 16.5. The molecule has 0 aromatic carbocycles. The molecule has 0 bridgehead atoms. The number of carbonyl (C=O) groups is 1. The lowest BCUT2D eigenvalue weighted by Crippen LogP contribution is -2.44. The van der Waals surface area contributed by atoms with Gasteiger partial charge in [-0.1, -0.05) is 6.92 Å². The number of hydrogen-bond acceptors (Lipinski definition) is 3. The molecule has 1 saturated carbocycles. The van der Waals surface area contributed by atoms with Gasteiger partial charge in [0.05, 0.1) is 12.0 Å². The van der Waals surface area contributed by atoms with Crippen molar-refractivity contribution in [3.63, 3.8) is 0 Å². The van der Waals surface area contributed by atoms with Crippen LogP contribution in [0.2, 0.25) is 0 Å². The van der Waals surface area contributed by atoms with Crippen LogP contribution in [0.5, 0.6) is 0 Å². The summed E-state index contributed by atoms with van der Waals surface area (Å²) in [5.74, 6) is 0.389. The van der Waals surface area contributed by atoms with E-state index in [1.54, 1.807) is 7.11 Å². The Morgan fingerprint density at radius 2 is 2.25 bits per heavy atom. The topological polar surface area (TPSA) is 58.6 Å². The van der Waals surface area contributed by atoms with Crippen LogP contribution in [0.3, 0.4) is 0 Å². The van der Waals surface area contributed by atoms with Crippen LogP contribution >= 0.6 is 0 Å². The van der Waals surface area contributed by atoms with Crippen LogP contribution in [0.25, 0.3) is 0 Å². The summed E-state index contributed by atoms with van der Waals surface area (Å²) in [6.07, 6.45) is 4.33. The van der Waals surface area contributed by atoms with Crippen molar-refractivity contribution in [2.75, 3.05) is 20.3 Å². The second kappa shape index (κ2) is 6.21. The number of methoxy groups -OCH3 is 1. The molecule has 1 fully saturated rings. The summed E-state index contributed by atoms with van der Waals surface area (Å²) >= 11 is 0. The molecule has 0 aromatic heterocycles. The fourth-order valence-corrected chi connectivity index (χ4v) is 1.99. The van der Waals surface area contributed by atoms with Crippen LogP contribution in [0.1, 0.15) is 39.0 Å². The van der Waals surface area contributed by atoms with Gasteiger partial charge in [0.25, 0.3) is 0 Å². The maximum absolute atomic E-state index is 11.7. The third-order valence-electron chi connectivity index (χ3n) is 3.45. The number of ether oxygens (including phenoxy) is 1. The molecule has 94 valence electrons. The van der Waals surface area contributed by atoms with E-state index in [1.807, 2.05) is 6.92 Å². The zero-order valence-electron chi connectivity index (χ0n) is 10.3. The standard InChI is InChI=1S/C12H23NO3/c1-10(4-7-14)9-13-11(15)8-12(16-2)5-3-6-12/h10,14H,3-9H2,1-2H3,(H,13,15). The number of rotatable bonds is 7. The first-order valence-electron chi connectivity index (χ1n) is 6.04. The van der Waals surface area contributed by atoms with E-state index >= 15 is 0 Å². The predicted octanol–water partition coefficient (Wildman–Crippen LogP) is 1.08. The molecule has 1 rings (SSSR count). The monoisotopic (exact) mass is 229 g/mol. The lowest BCUT2D eigenvalue weighted by Gasteiger charge is -2.40. The van der Waals surface area contributed by atoms with Crippen LogP contribution in [0, 0.1) is 5.92 Å². The summed E-state index contributed by atoms with van der Waals surface area (Å²) in [6.45, 7) is 2.84. The molecule has 0 aliphatic heterocycles. The van der Waals surface area contributed by atoms with E-state index in [2.05, 4.69) is 5.32 Å². The molecule has 0 heterocycles. The van der Waals surface area contributed by atoms with Crippen LogP contribution < -0.4 is 5.32 Å². The quantitative estimate of drug-likeness (QED) is 0.687. The zero-order valence-corrected chi connectivity index (χ0v) is 10.3. The van der Waals surface area contributed by atoms with Crippen LogP contribution in [-0.4, -0.2) is 36.9 Å². The van der Waals surface area contributed by atoms with E-state index in [0.29, 0.717) is 18.9 Å². The summed E-state index contributed by atoms with van der Waals surface area (Å²) in [4.78, 5) is 11.7. The Labute approximate surface area is 97.4 Å². The molecule has 1 aliphatic rings. The highest BCUT2D eigenvalue weighted by Crippen LogP contribution is 2.37. The van der Waals surface area contributed by atoms with Crippen molar-refractivity contribution in [1.82, 2.24) is 5.32 Å². The van der Waals surface area contributed by atoms with Crippen LogP contribution in [0.4, 0.5) is 0 Å². The molecule has 2 N–H and O–H groups in total. The normalized spacial score (nSPS) is 19.9. The Morgan fingerprint density at radius 3 is 2.69 bits per heavy atom. The number of amides is 1. The zero-order chi connectivity index (χ0) is 12.0. The van der Waals surface area contributed by atoms with Gasteiger partial charge >= 0.3 is 0 Å². The highest BCUT2D eigenvalue weighted by Gasteiger charge is 2.38. The summed E-state index contributed by atoms with van der Waals surface area (Å²) < 4.78 is 5.40. The van der Waals surface area contributed by atoms with Crippen molar-refractivity contribution in [2.45, 2.75) is 44.6 Å². The number of aliphatic hydroxyl groups is 1. The third-order valence-corrected chi connectivity index (χ3v) is 3.45. The average molecular weight is 229 g/mol. The maximum atomic E-state index is 11.7. The van der Waals surface area contributed by atoms with Gasteiger partial charge in [-0.25, -0.2) is 0 Å². The summed E-state index contributed by atoms with van der Waals surface area (Å²) in [6, 6.07) is 0. The molecule has 4 nitrogen and oxygen atoms in total. The Hall–Kier alpha value is -0.610. The summed E-state index contributed by atoms with van der Waals surface area (Å²) in [7, 11) is 1.68. The van der Waals surface area contributed by atoms with Gasteiger partial charge < -0.3 is 15.2 Å². The molecular formula is C12H23NO3.